The predicted molar refractivity (Wildman–Crippen MR) is 107 cm³/mol. The zero-order valence-electron chi connectivity index (χ0n) is 16.3. The van der Waals surface area contributed by atoms with Gasteiger partial charge in [-0.1, -0.05) is 6.07 Å². The first-order valence-corrected chi connectivity index (χ1v) is 9.96. The number of nitrogens with zero attached hydrogens (tertiary/aromatic N) is 1. The Morgan fingerprint density at radius 2 is 1.72 bits per heavy atom. The summed E-state index contributed by atoms with van der Waals surface area (Å²) in [6, 6.07) is 9.47. The molecular weight excluding hydrogens is 379 g/mol. The molecule has 2 aromatic carbocycles. The first-order valence-electron chi connectivity index (χ1n) is 9.96. The Bertz CT molecular complexity index is 805. The second kappa shape index (κ2) is 10.3. The SMILES string of the molecule is O=C(NCCCN1CCC(Cc2ccc(F)c(F)c2)CC1)Nc1ccc(F)cc1. The number of likely N-dealkylation sites (tertiary alicyclic amines) is 1. The van der Waals surface area contributed by atoms with Gasteiger partial charge in [0, 0.05) is 12.2 Å². The molecule has 0 radical (unpaired) electrons. The van der Waals surface area contributed by atoms with Crippen LogP contribution >= 0.6 is 0 Å². The van der Waals surface area contributed by atoms with E-state index in [0.29, 0.717) is 18.2 Å². The molecule has 29 heavy (non-hydrogen) atoms. The van der Waals surface area contributed by atoms with E-state index in [4.69, 9.17) is 0 Å². The molecule has 3 rings (SSSR count). The third kappa shape index (κ3) is 6.78. The third-order valence-corrected chi connectivity index (χ3v) is 5.25. The largest absolute Gasteiger partial charge is 0.338 e. The van der Waals surface area contributed by atoms with E-state index in [0.717, 1.165) is 50.9 Å². The van der Waals surface area contributed by atoms with Crippen LogP contribution in [0.25, 0.3) is 0 Å². The molecule has 0 bridgehead atoms. The maximum Gasteiger partial charge on any atom is 0.319 e. The number of piperidine rings is 1. The number of carbonyl (C=O) groups is 1. The topological polar surface area (TPSA) is 44.4 Å². The lowest BCUT2D eigenvalue weighted by Crippen LogP contribution is -2.37. The summed E-state index contributed by atoms with van der Waals surface area (Å²) in [5.41, 5.74) is 1.39. The van der Waals surface area contributed by atoms with E-state index < -0.39 is 11.6 Å². The normalized spacial score (nSPS) is 15.3. The van der Waals surface area contributed by atoms with E-state index in [-0.39, 0.29) is 11.8 Å². The zero-order chi connectivity index (χ0) is 20.6. The van der Waals surface area contributed by atoms with Gasteiger partial charge in [-0.3, -0.25) is 0 Å². The van der Waals surface area contributed by atoms with Gasteiger partial charge in [0.15, 0.2) is 11.6 Å². The molecule has 0 spiro atoms. The molecule has 1 saturated heterocycles. The average molecular weight is 405 g/mol. The van der Waals surface area contributed by atoms with Crippen LogP contribution in [0, 0.1) is 23.4 Å². The summed E-state index contributed by atoms with van der Waals surface area (Å²) in [4.78, 5) is 14.2. The molecule has 1 heterocycles. The highest BCUT2D eigenvalue weighted by Gasteiger charge is 2.19. The molecule has 0 aromatic heterocycles. The first-order chi connectivity index (χ1) is 14.0. The van der Waals surface area contributed by atoms with Crippen LogP contribution in [0.2, 0.25) is 0 Å². The van der Waals surface area contributed by atoms with Gasteiger partial charge in [-0.2, -0.15) is 0 Å². The van der Waals surface area contributed by atoms with Gasteiger partial charge in [0.05, 0.1) is 0 Å². The van der Waals surface area contributed by atoms with Gasteiger partial charge in [0.25, 0.3) is 0 Å². The van der Waals surface area contributed by atoms with E-state index in [1.807, 2.05) is 0 Å². The summed E-state index contributed by atoms with van der Waals surface area (Å²) in [5.74, 6) is -1.44. The molecule has 1 fully saturated rings. The van der Waals surface area contributed by atoms with Crippen molar-refractivity contribution < 1.29 is 18.0 Å². The van der Waals surface area contributed by atoms with Crippen LogP contribution in [0.4, 0.5) is 23.7 Å². The Kier molecular flexibility index (Phi) is 7.52. The quantitative estimate of drug-likeness (QED) is 0.663. The van der Waals surface area contributed by atoms with E-state index in [9.17, 15) is 18.0 Å². The van der Waals surface area contributed by atoms with Gasteiger partial charge in [-0.15, -0.1) is 0 Å². The van der Waals surface area contributed by atoms with Gasteiger partial charge >= 0.3 is 6.03 Å². The minimum atomic E-state index is -0.802. The van der Waals surface area contributed by atoms with Crippen LogP contribution in [0.3, 0.4) is 0 Å². The number of carbonyl (C=O) groups excluding carboxylic acids is 1. The van der Waals surface area contributed by atoms with Crippen molar-refractivity contribution in [3.8, 4) is 0 Å². The lowest BCUT2D eigenvalue weighted by atomic mass is 9.90. The van der Waals surface area contributed by atoms with E-state index >= 15 is 0 Å². The smallest absolute Gasteiger partial charge is 0.319 e. The number of urea groups is 1. The van der Waals surface area contributed by atoms with Gasteiger partial charge in [-0.05, 0) is 93.2 Å². The number of rotatable bonds is 7. The van der Waals surface area contributed by atoms with Gasteiger partial charge in [-0.25, -0.2) is 18.0 Å². The summed E-state index contributed by atoms with van der Waals surface area (Å²) >= 11 is 0. The van der Waals surface area contributed by atoms with Crippen LogP contribution in [0.1, 0.15) is 24.8 Å². The number of halogens is 3. The van der Waals surface area contributed by atoms with Crippen LogP contribution in [0.5, 0.6) is 0 Å². The summed E-state index contributed by atoms with van der Waals surface area (Å²) in [6.45, 7) is 3.39. The number of amides is 2. The molecule has 0 atom stereocenters. The van der Waals surface area contributed by atoms with Crippen LogP contribution < -0.4 is 10.6 Å². The third-order valence-electron chi connectivity index (χ3n) is 5.25. The zero-order valence-corrected chi connectivity index (χ0v) is 16.3. The number of hydrogen-bond acceptors (Lipinski definition) is 2. The molecule has 1 aliphatic heterocycles. The highest BCUT2D eigenvalue weighted by atomic mass is 19.2. The molecule has 2 aromatic rings. The maximum atomic E-state index is 13.3. The highest BCUT2D eigenvalue weighted by Crippen LogP contribution is 2.22. The molecule has 156 valence electrons. The summed E-state index contributed by atoms with van der Waals surface area (Å²) in [5, 5.41) is 5.46. The van der Waals surface area contributed by atoms with Crippen LogP contribution in [0.15, 0.2) is 42.5 Å². The fourth-order valence-corrected chi connectivity index (χ4v) is 3.63. The Balaban J connectivity index is 1.29. The molecule has 4 nitrogen and oxygen atoms in total. The summed E-state index contributed by atoms with van der Waals surface area (Å²) in [7, 11) is 0. The minimum Gasteiger partial charge on any atom is -0.338 e. The van der Waals surface area contributed by atoms with Crippen LogP contribution in [-0.2, 0) is 6.42 Å². The van der Waals surface area contributed by atoms with Crippen molar-refractivity contribution >= 4 is 11.7 Å². The molecule has 0 unspecified atom stereocenters. The van der Waals surface area contributed by atoms with E-state index in [1.54, 1.807) is 6.07 Å². The molecule has 0 saturated carbocycles. The molecule has 0 aliphatic carbocycles. The molecule has 7 heteroatoms. The molecular formula is C22H26F3N3O. The van der Waals surface area contributed by atoms with Crippen molar-refractivity contribution in [3.63, 3.8) is 0 Å². The summed E-state index contributed by atoms with van der Waals surface area (Å²) < 4.78 is 39.2. The van der Waals surface area contributed by atoms with Crippen molar-refractivity contribution in [2.75, 3.05) is 31.5 Å². The fourth-order valence-electron chi connectivity index (χ4n) is 3.63. The predicted octanol–water partition coefficient (Wildman–Crippen LogP) is 4.57. The Morgan fingerprint density at radius 1 is 1.00 bits per heavy atom. The molecule has 1 aliphatic rings. The number of anilines is 1. The lowest BCUT2D eigenvalue weighted by Gasteiger charge is -2.32. The second-order valence-corrected chi connectivity index (χ2v) is 7.48. The van der Waals surface area contributed by atoms with Gasteiger partial charge < -0.3 is 15.5 Å². The van der Waals surface area contributed by atoms with Gasteiger partial charge in [0.2, 0.25) is 0 Å². The standard InChI is InChI=1S/C22H26F3N3O/c23-18-3-5-19(6-4-18)27-22(29)26-10-1-11-28-12-8-16(9-13-28)14-17-2-7-20(24)21(25)15-17/h2-7,15-16H,1,8-14H2,(H2,26,27,29). The van der Waals surface area contributed by atoms with Gasteiger partial charge in [0.1, 0.15) is 5.82 Å². The van der Waals surface area contributed by atoms with E-state index in [1.165, 1.54) is 36.4 Å². The second-order valence-electron chi connectivity index (χ2n) is 7.48. The molecule has 2 N–H and O–H groups in total. The van der Waals surface area contributed by atoms with Crippen molar-refractivity contribution in [3.05, 3.63) is 65.5 Å². The van der Waals surface area contributed by atoms with Crippen LogP contribution in [-0.4, -0.2) is 37.1 Å². The maximum absolute atomic E-state index is 13.3. The minimum absolute atomic E-state index is 0.304. The monoisotopic (exact) mass is 405 g/mol. The molecule has 2 amide bonds. The Labute approximate surface area is 169 Å². The number of nitrogens with one attached hydrogen (secondary N) is 2. The van der Waals surface area contributed by atoms with Crippen molar-refractivity contribution in [1.82, 2.24) is 10.2 Å². The van der Waals surface area contributed by atoms with E-state index in [2.05, 4.69) is 15.5 Å². The lowest BCUT2D eigenvalue weighted by molar-refractivity contribution is 0.182. The number of hydrogen-bond donors (Lipinski definition) is 2. The summed E-state index contributed by atoms with van der Waals surface area (Å²) in [6.07, 6.45) is 3.66. The fraction of sp³-hybridized carbons (Fsp3) is 0.409. The Morgan fingerprint density at radius 3 is 2.41 bits per heavy atom. The Hall–Kier alpha value is -2.54. The van der Waals surface area contributed by atoms with Crippen molar-refractivity contribution in [2.24, 2.45) is 5.92 Å². The van der Waals surface area contributed by atoms with Crippen molar-refractivity contribution in [1.29, 1.82) is 0 Å². The first kappa shape index (κ1) is 21.2. The number of benzene rings is 2. The highest BCUT2D eigenvalue weighted by molar-refractivity contribution is 5.89. The van der Waals surface area contributed by atoms with Crippen molar-refractivity contribution in [2.45, 2.75) is 25.7 Å². The average Bonchev–Trinajstić information content (AvgIpc) is 2.71.